The molecule has 0 aromatic rings. The lowest BCUT2D eigenvalue weighted by Crippen LogP contribution is -2.39. The predicted octanol–water partition coefficient (Wildman–Crippen LogP) is 4.69. The van der Waals surface area contributed by atoms with Crippen LogP contribution in [0.3, 0.4) is 0 Å². The average Bonchev–Trinajstić information content (AvgIpc) is 2.33. The third kappa shape index (κ3) is 5.55. The van der Waals surface area contributed by atoms with Crippen molar-refractivity contribution in [1.82, 2.24) is 5.32 Å². The van der Waals surface area contributed by atoms with Crippen LogP contribution in [0.4, 0.5) is 13.2 Å². The summed E-state index contributed by atoms with van der Waals surface area (Å²) in [4.78, 5) is 0. The predicted molar refractivity (Wildman–Crippen MR) is 73.0 cm³/mol. The van der Waals surface area contributed by atoms with E-state index in [2.05, 4.69) is 18.3 Å². The molecule has 4 heteroatoms. The highest BCUT2D eigenvalue weighted by Gasteiger charge is 2.42. The van der Waals surface area contributed by atoms with E-state index in [0.29, 0.717) is 18.8 Å². The molecule has 0 saturated heterocycles. The molecule has 0 aromatic carbocycles. The van der Waals surface area contributed by atoms with E-state index in [0.717, 1.165) is 13.0 Å². The van der Waals surface area contributed by atoms with Crippen molar-refractivity contribution in [2.45, 2.75) is 65.1 Å². The van der Waals surface area contributed by atoms with Crippen LogP contribution >= 0.6 is 0 Å². The molecule has 1 aliphatic rings. The second-order valence-corrected chi connectivity index (χ2v) is 5.88. The Bertz CT molecular complexity index is 284. The summed E-state index contributed by atoms with van der Waals surface area (Å²) in [5.41, 5.74) is 1.23. The molecule has 0 heterocycles. The van der Waals surface area contributed by atoms with Crippen molar-refractivity contribution in [3.05, 3.63) is 11.6 Å². The molecule has 1 nitrogen and oxygen atoms in total. The number of rotatable bonds is 5. The second-order valence-electron chi connectivity index (χ2n) is 5.88. The van der Waals surface area contributed by atoms with Crippen LogP contribution in [0.5, 0.6) is 0 Å². The quantitative estimate of drug-likeness (QED) is 0.719. The lowest BCUT2D eigenvalue weighted by Gasteiger charge is -2.34. The molecule has 1 N–H and O–H groups in total. The number of halogens is 3. The van der Waals surface area contributed by atoms with Gasteiger partial charge in [-0.1, -0.05) is 18.6 Å². The fourth-order valence-corrected chi connectivity index (χ4v) is 2.84. The van der Waals surface area contributed by atoms with Crippen molar-refractivity contribution < 1.29 is 13.2 Å². The Balaban J connectivity index is 2.56. The molecule has 1 rings (SSSR count). The summed E-state index contributed by atoms with van der Waals surface area (Å²) in [5.74, 6) is -0.734. The monoisotopic (exact) mass is 277 g/mol. The SMILES string of the molecule is CCCNC(C=C(C)C)C1CCC(C(F)(F)F)CC1. The first-order chi connectivity index (χ1) is 8.84. The zero-order valence-corrected chi connectivity index (χ0v) is 12.2. The molecule has 19 heavy (non-hydrogen) atoms. The zero-order chi connectivity index (χ0) is 14.5. The van der Waals surface area contributed by atoms with E-state index >= 15 is 0 Å². The van der Waals surface area contributed by atoms with E-state index in [9.17, 15) is 13.2 Å². The maximum Gasteiger partial charge on any atom is 0.391 e. The second kappa shape index (κ2) is 7.32. The van der Waals surface area contributed by atoms with Gasteiger partial charge in [0.1, 0.15) is 0 Å². The van der Waals surface area contributed by atoms with Crippen LogP contribution in [-0.4, -0.2) is 18.8 Å². The Kier molecular flexibility index (Phi) is 6.37. The minimum Gasteiger partial charge on any atom is -0.310 e. The molecule has 0 aliphatic heterocycles. The minimum atomic E-state index is -4.01. The maximum atomic E-state index is 12.7. The average molecular weight is 277 g/mol. The normalized spacial score (nSPS) is 26.0. The number of allylic oxidation sites excluding steroid dienone is 1. The third-order valence-electron chi connectivity index (χ3n) is 3.89. The van der Waals surface area contributed by atoms with Crippen molar-refractivity contribution in [1.29, 1.82) is 0 Å². The third-order valence-corrected chi connectivity index (χ3v) is 3.89. The van der Waals surface area contributed by atoms with Gasteiger partial charge in [0.15, 0.2) is 0 Å². The highest BCUT2D eigenvalue weighted by molar-refractivity contribution is 5.04. The van der Waals surface area contributed by atoms with Gasteiger partial charge in [-0.2, -0.15) is 13.2 Å². The summed E-state index contributed by atoms with van der Waals surface area (Å²) in [6.07, 6.45) is 1.14. The molecule has 1 saturated carbocycles. The topological polar surface area (TPSA) is 12.0 Å². The molecule has 1 aliphatic carbocycles. The van der Waals surface area contributed by atoms with Crippen molar-refractivity contribution in [3.63, 3.8) is 0 Å². The van der Waals surface area contributed by atoms with Crippen molar-refractivity contribution in [3.8, 4) is 0 Å². The van der Waals surface area contributed by atoms with Gasteiger partial charge in [0.25, 0.3) is 0 Å². The Morgan fingerprint density at radius 3 is 2.21 bits per heavy atom. The van der Waals surface area contributed by atoms with E-state index in [-0.39, 0.29) is 18.9 Å². The van der Waals surface area contributed by atoms with Gasteiger partial charge in [-0.15, -0.1) is 0 Å². The molecular formula is C15H26F3N. The lowest BCUT2D eigenvalue weighted by atomic mass is 9.78. The van der Waals surface area contributed by atoms with Gasteiger partial charge in [-0.05, 0) is 58.4 Å². The van der Waals surface area contributed by atoms with E-state index in [1.807, 2.05) is 13.8 Å². The fraction of sp³-hybridized carbons (Fsp3) is 0.867. The first-order valence-electron chi connectivity index (χ1n) is 7.29. The van der Waals surface area contributed by atoms with Crippen LogP contribution in [0.2, 0.25) is 0 Å². The van der Waals surface area contributed by atoms with Gasteiger partial charge in [-0.3, -0.25) is 0 Å². The van der Waals surface area contributed by atoms with Gasteiger partial charge in [-0.25, -0.2) is 0 Å². The van der Waals surface area contributed by atoms with E-state index < -0.39 is 12.1 Å². The number of hydrogen-bond donors (Lipinski definition) is 1. The van der Waals surface area contributed by atoms with Gasteiger partial charge in [0.2, 0.25) is 0 Å². The van der Waals surface area contributed by atoms with Crippen molar-refractivity contribution in [2.24, 2.45) is 11.8 Å². The Morgan fingerprint density at radius 2 is 1.79 bits per heavy atom. The van der Waals surface area contributed by atoms with Crippen molar-refractivity contribution >= 4 is 0 Å². The number of hydrogen-bond acceptors (Lipinski definition) is 1. The van der Waals surface area contributed by atoms with Crippen LogP contribution in [0.1, 0.15) is 52.9 Å². The lowest BCUT2D eigenvalue weighted by molar-refractivity contribution is -0.184. The molecule has 1 unspecified atom stereocenters. The van der Waals surface area contributed by atoms with Crippen LogP contribution < -0.4 is 5.32 Å². The summed E-state index contributed by atoms with van der Waals surface area (Å²) < 4.78 is 38.0. The molecule has 1 atom stereocenters. The van der Waals surface area contributed by atoms with Gasteiger partial charge in [0.05, 0.1) is 5.92 Å². The number of alkyl halides is 3. The molecule has 0 spiro atoms. The van der Waals surface area contributed by atoms with Gasteiger partial charge < -0.3 is 5.32 Å². The van der Waals surface area contributed by atoms with Crippen LogP contribution in [-0.2, 0) is 0 Å². The van der Waals surface area contributed by atoms with E-state index in [4.69, 9.17) is 0 Å². The van der Waals surface area contributed by atoms with Gasteiger partial charge in [0, 0.05) is 6.04 Å². The van der Waals surface area contributed by atoms with Gasteiger partial charge >= 0.3 is 6.18 Å². The Hall–Kier alpha value is -0.510. The summed E-state index contributed by atoms with van der Waals surface area (Å²) >= 11 is 0. The Labute approximate surface area is 114 Å². The molecular weight excluding hydrogens is 251 g/mol. The zero-order valence-electron chi connectivity index (χ0n) is 12.2. The summed E-state index contributed by atoms with van der Waals surface area (Å²) in [6, 6.07) is 0.235. The molecule has 1 fully saturated rings. The van der Waals surface area contributed by atoms with E-state index in [1.54, 1.807) is 0 Å². The largest absolute Gasteiger partial charge is 0.391 e. The molecule has 0 bridgehead atoms. The fourth-order valence-electron chi connectivity index (χ4n) is 2.84. The highest BCUT2D eigenvalue weighted by Crippen LogP contribution is 2.40. The summed E-state index contributed by atoms with van der Waals surface area (Å²) in [5, 5.41) is 3.47. The summed E-state index contributed by atoms with van der Waals surface area (Å²) in [7, 11) is 0. The highest BCUT2D eigenvalue weighted by atomic mass is 19.4. The summed E-state index contributed by atoms with van der Waals surface area (Å²) in [6.45, 7) is 7.12. The van der Waals surface area contributed by atoms with Crippen LogP contribution in [0, 0.1) is 11.8 Å². The smallest absolute Gasteiger partial charge is 0.310 e. The standard InChI is InChI=1S/C15H26F3N/c1-4-9-19-14(10-11(2)3)12-5-7-13(8-6-12)15(16,17)18/h10,12-14,19H,4-9H2,1-3H3. The molecule has 112 valence electrons. The van der Waals surface area contributed by atoms with Crippen LogP contribution in [0.15, 0.2) is 11.6 Å². The minimum absolute atomic E-state index is 0.235. The van der Waals surface area contributed by atoms with E-state index in [1.165, 1.54) is 5.57 Å². The molecule has 0 radical (unpaired) electrons. The Morgan fingerprint density at radius 1 is 1.21 bits per heavy atom. The molecule has 0 amide bonds. The first kappa shape index (κ1) is 16.5. The molecule has 0 aromatic heterocycles. The maximum absolute atomic E-state index is 12.7. The number of nitrogens with one attached hydrogen (secondary N) is 1. The first-order valence-corrected chi connectivity index (χ1v) is 7.29. The van der Waals surface area contributed by atoms with Crippen molar-refractivity contribution in [2.75, 3.05) is 6.54 Å². The van der Waals surface area contributed by atoms with Crippen LogP contribution in [0.25, 0.3) is 0 Å².